The second-order valence-electron chi connectivity index (χ2n) is 7.40. The zero-order valence-corrected chi connectivity index (χ0v) is 16.5. The minimum atomic E-state index is -1.45. The fraction of sp³-hybridized carbons (Fsp3) is 0.318. The molecule has 2 aliphatic rings. The molecule has 0 saturated carbocycles. The summed E-state index contributed by atoms with van der Waals surface area (Å²) in [6, 6.07) is 10.7. The number of hydrogen-bond acceptors (Lipinski definition) is 6. The number of ether oxygens (including phenoxy) is 2. The Kier molecular flexibility index (Phi) is 4.84. The molecule has 8 heteroatoms. The van der Waals surface area contributed by atoms with E-state index >= 15 is 0 Å². The van der Waals surface area contributed by atoms with E-state index in [1.807, 2.05) is 6.92 Å². The van der Waals surface area contributed by atoms with Gasteiger partial charge in [0, 0.05) is 22.2 Å². The van der Waals surface area contributed by atoms with Gasteiger partial charge in [-0.15, -0.1) is 6.42 Å². The van der Waals surface area contributed by atoms with Gasteiger partial charge in [-0.2, -0.15) is 0 Å². The van der Waals surface area contributed by atoms with E-state index in [4.69, 9.17) is 15.9 Å². The van der Waals surface area contributed by atoms with Crippen LogP contribution in [-0.2, 0) is 10.3 Å². The molecule has 2 aliphatic heterocycles. The summed E-state index contributed by atoms with van der Waals surface area (Å²) in [5.74, 6) is 2.28. The molecule has 2 aromatic carbocycles. The van der Waals surface area contributed by atoms with Crippen LogP contribution in [0.5, 0.6) is 11.5 Å². The summed E-state index contributed by atoms with van der Waals surface area (Å²) in [7, 11) is 1.49. The number of terminal acetylenes is 1. The van der Waals surface area contributed by atoms with E-state index < -0.39 is 23.4 Å². The van der Waals surface area contributed by atoms with Crippen molar-refractivity contribution in [1.82, 2.24) is 5.32 Å². The molecule has 1 amide bonds. The molecule has 2 heterocycles. The van der Waals surface area contributed by atoms with Gasteiger partial charge in [0.25, 0.3) is 11.9 Å². The van der Waals surface area contributed by atoms with Crippen LogP contribution in [0.25, 0.3) is 0 Å². The van der Waals surface area contributed by atoms with E-state index in [0.29, 0.717) is 28.3 Å². The molecular weight excluding hydrogens is 386 g/mol. The first-order valence-corrected chi connectivity index (χ1v) is 9.50. The standard InChI is InChI=1S/C22H21N3O5/c1-4-11-30-17-10-9-14(12-18(17)29-3)19-13(2)24-22(20(19)25(27)28)15-7-5-6-8-16(15)23-21(22)26/h1,5-10,12-13,19-20,24H,11H2,2-3H3,(H,23,26)/t13-,19-,20+,22+/m0/s1. The average Bonchev–Trinajstić information content (AvgIpc) is 3.20. The van der Waals surface area contributed by atoms with Gasteiger partial charge in [-0.3, -0.25) is 20.2 Å². The second kappa shape index (κ2) is 7.35. The highest BCUT2D eigenvalue weighted by molar-refractivity contribution is 6.07. The molecule has 4 atom stereocenters. The van der Waals surface area contributed by atoms with E-state index in [2.05, 4.69) is 16.6 Å². The number of rotatable bonds is 5. The predicted molar refractivity (Wildman–Crippen MR) is 110 cm³/mol. The number of nitrogens with one attached hydrogen (secondary N) is 2. The summed E-state index contributed by atoms with van der Waals surface area (Å²) >= 11 is 0. The zero-order chi connectivity index (χ0) is 21.5. The zero-order valence-electron chi connectivity index (χ0n) is 16.5. The molecule has 0 aromatic heterocycles. The van der Waals surface area contributed by atoms with Gasteiger partial charge < -0.3 is 14.8 Å². The molecule has 30 heavy (non-hydrogen) atoms. The number of nitro groups is 1. The number of hydrogen-bond donors (Lipinski definition) is 2. The molecule has 8 nitrogen and oxygen atoms in total. The largest absolute Gasteiger partial charge is 0.493 e. The topological polar surface area (TPSA) is 103 Å². The highest BCUT2D eigenvalue weighted by atomic mass is 16.6. The van der Waals surface area contributed by atoms with E-state index in [0.717, 1.165) is 0 Å². The third-order valence-electron chi connectivity index (χ3n) is 5.85. The van der Waals surface area contributed by atoms with E-state index in [-0.39, 0.29) is 17.6 Å². The van der Waals surface area contributed by atoms with Gasteiger partial charge in [0.2, 0.25) is 0 Å². The summed E-state index contributed by atoms with van der Waals surface area (Å²) in [6.45, 7) is 1.92. The molecule has 0 bridgehead atoms. The molecule has 1 saturated heterocycles. The number of methoxy groups -OCH3 is 1. The van der Waals surface area contributed by atoms with Crippen molar-refractivity contribution in [3.05, 3.63) is 63.7 Å². The van der Waals surface area contributed by atoms with E-state index in [1.165, 1.54) is 7.11 Å². The molecule has 1 fully saturated rings. The highest BCUT2D eigenvalue weighted by Gasteiger charge is 2.67. The number of carbonyl (C=O) groups excluding carboxylic acids is 1. The molecule has 4 rings (SSSR count). The van der Waals surface area contributed by atoms with Crippen molar-refractivity contribution in [2.75, 3.05) is 19.0 Å². The predicted octanol–water partition coefficient (Wildman–Crippen LogP) is 2.28. The van der Waals surface area contributed by atoms with Gasteiger partial charge in [0.1, 0.15) is 6.61 Å². The molecule has 0 aliphatic carbocycles. The number of para-hydroxylation sites is 1. The monoisotopic (exact) mass is 407 g/mol. The van der Waals surface area contributed by atoms with Crippen LogP contribution in [0.1, 0.15) is 24.0 Å². The number of fused-ring (bicyclic) bond motifs is 2. The molecule has 154 valence electrons. The van der Waals surface area contributed by atoms with Crippen molar-refractivity contribution in [3.8, 4) is 23.8 Å². The van der Waals surface area contributed by atoms with Crippen LogP contribution in [0.2, 0.25) is 0 Å². The van der Waals surface area contributed by atoms with Crippen molar-refractivity contribution >= 4 is 11.6 Å². The number of carbonyl (C=O) groups is 1. The lowest BCUT2D eigenvalue weighted by Gasteiger charge is -2.25. The smallest absolute Gasteiger partial charge is 0.256 e. The van der Waals surface area contributed by atoms with Crippen molar-refractivity contribution < 1.29 is 19.2 Å². The number of nitrogens with zero attached hydrogens (tertiary/aromatic N) is 1. The van der Waals surface area contributed by atoms with Crippen LogP contribution >= 0.6 is 0 Å². The maximum atomic E-state index is 13.0. The Bertz CT molecular complexity index is 1060. The Balaban J connectivity index is 1.81. The van der Waals surface area contributed by atoms with Gasteiger partial charge in [0.05, 0.1) is 13.0 Å². The molecular formula is C22H21N3O5. The van der Waals surface area contributed by atoms with Crippen LogP contribution in [-0.4, -0.2) is 36.6 Å². The van der Waals surface area contributed by atoms with Crippen LogP contribution in [0, 0.1) is 22.5 Å². The molecule has 1 spiro atoms. The third-order valence-corrected chi connectivity index (χ3v) is 5.85. The van der Waals surface area contributed by atoms with Gasteiger partial charge in [-0.05, 0) is 30.7 Å². The Labute approximate surface area is 173 Å². The van der Waals surface area contributed by atoms with Crippen LogP contribution in [0.3, 0.4) is 0 Å². The SMILES string of the molecule is C#CCOc1ccc([C@@H]2[C@H](C)N[C@@]3(C(=O)Nc4ccccc43)[C@@H]2[N+](=O)[O-])cc1OC. The fourth-order valence-electron chi connectivity index (χ4n) is 4.68. The van der Waals surface area contributed by atoms with Crippen molar-refractivity contribution in [2.24, 2.45) is 0 Å². The second-order valence-corrected chi connectivity index (χ2v) is 7.40. The average molecular weight is 407 g/mol. The number of benzene rings is 2. The quantitative estimate of drug-likeness (QED) is 0.448. The Morgan fingerprint density at radius 1 is 1.27 bits per heavy atom. The fourth-order valence-corrected chi connectivity index (χ4v) is 4.68. The number of amides is 1. The Morgan fingerprint density at radius 3 is 2.73 bits per heavy atom. The van der Waals surface area contributed by atoms with Gasteiger partial charge >= 0.3 is 0 Å². The first kappa shape index (κ1) is 19.7. The van der Waals surface area contributed by atoms with E-state index in [9.17, 15) is 14.9 Å². The van der Waals surface area contributed by atoms with Crippen molar-refractivity contribution in [3.63, 3.8) is 0 Å². The molecule has 2 N–H and O–H groups in total. The Morgan fingerprint density at radius 2 is 2.03 bits per heavy atom. The summed E-state index contributed by atoms with van der Waals surface area (Å²) in [5, 5.41) is 18.4. The minimum absolute atomic E-state index is 0.0781. The summed E-state index contributed by atoms with van der Waals surface area (Å²) in [6.07, 6.45) is 5.25. The van der Waals surface area contributed by atoms with Gasteiger partial charge in [-0.1, -0.05) is 30.2 Å². The maximum absolute atomic E-state index is 13.0. The van der Waals surface area contributed by atoms with E-state index in [1.54, 1.807) is 42.5 Å². The molecule has 2 aromatic rings. The lowest BCUT2D eigenvalue weighted by atomic mass is 9.78. The minimum Gasteiger partial charge on any atom is -0.493 e. The summed E-state index contributed by atoms with van der Waals surface area (Å²) in [4.78, 5) is 25.0. The third kappa shape index (κ3) is 2.78. The van der Waals surface area contributed by atoms with Crippen molar-refractivity contribution in [1.29, 1.82) is 0 Å². The van der Waals surface area contributed by atoms with Gasteiger partial charge in [-0.25, -0.2) is 0 Å². The summed E-state index contributed by atoms with van der Waals surface area (Å²) in [5.41, 5.74) is 0.406. The van der Waals surface area contributed by atoms with Crippen LogP contribution in [0.15, 0.2) is 42.5 Å². The Hall–Kier alpha value is -3.57. The van der Waals surface area contributed by atoms with Crippen LogP contribution < -0.4 is 20.1 Å². The first-order chi connectivity index (χ1) is 14.4. The maximum Gasteiger partial charge on any atom is 0.256 e. The van der Waals surface area contributed by atoms with Gasteiger partial charge in [0.15, 0.2) is 17.0 Å². The van der Waals surface area contributed by atoms with Crippen molar-refractivity contribution in [2.45, 2.75) is 30.5 Å². The highest BCUT2D eigenvalue weighted by Crippen LogP contribution is 2.50. The van der Waals surface area contributed by atoms with Crippen LogP contribution in [0.4, 0.5) is 5.69 Å². The lowest BCUT2D eigenvalue weighted by Crippen LogP contribution is -2.54. The normalized spacial score (nSPS) is 26.7. The molecule has 0 unspecified atom stereocenters. The summed E-state index contributed by atoms with van der Waals surface area (Å²) < 4.78 is 10.9. The number of anilines is 1. The molecule has 0 radical (unpaired) electrons. The lowest BCUT2D eigenvalue weighted by molar-refractivity contribution is -0.532. The first-order valence-electron chi connectivity index (χ1n) is 9.50.